The minimum absolute atomic E-state index is 0.868. The molecule has 0 unspecified atom stereocenters. The van der Waals surface area contributed by atoms with Gasteiger partial charge in [0.2, 0.25) is 0 Å². The molecule has 0 heteroatoms. The van der Waals surface area contributed by atoms with Gasteiger partial charge in [-0.25, -0.2) is 0 Å². The highest BCUT2D eigenvalue weighted by Gasteiger charge is 2.71. The van der Waals surface area contributed by atoms with Crippen LogP contribution in [0.2, 0.25) is 0 Å². The minimum Gasteiger partial charge on any atom is -0.0617 e. The number of rotatable bonds is 0. The molecule has 5 rings (SSSR count). The normalized spacial score (nSPS) is 69.0. The van der Waals surface area contributed by atoms with E-state index in [1.165, 1.54) is 0 Å². The first-order valence-corrected chi connectivity index (χ1v) is 6.73. The van der Waals surface area contributed by atoms with E-state index in [0.717, 1.165) is 40.9 Å². The maximum atomic E-state index is 2.53. The summed E-state index contributed by atoms with van der Waals surface area (Å²) >= 11 is 0. The van der Waals surface area contributed by atoms with Gasteiger partial charge in [0, 0.05) is 0 Å². The van der Waals surface area contributed by atoms with Crippen LogP contribution < -0.4 is 0 Å². The Balaban J connectivity index is 1.76. The molecule has 0 aromatic rings. The molecule has 0 aromatic heterocycles. The van der Waals surface area contributed by atoms with E-state index in [2.05, 4.69) is 13.8 Å². The Morgan fingerprint density at radius 2 is 1.14 bits per heavy atom. The van der Waals surface area contributed by atoms with Gasteiger partial charge in [0.1, 0.15) is 0 Å². The molecule has 0 aliphatic heterocycles. The molecule has 5 saturated carbocycles. The molecule has 0 nitrogen and oxygen atoms in total. The van der Waals surface area contributed by atoms with Crippen molar-refractivity contribution in [3.8, 4) is 0 Å². The second kappa shape index (κ2) is 2.23. The monoisotopic (exact) mass is 190 g/mol. The zero-order chi connectivity index (χ0) is 9.50. The van der Waals surface area contributed by atoms with E-state index in [0.29, 0.717) is 0 Å². The van der Waals surface area contributed by atoms with Crippen LogP contribution in [0.25, 0.3) is 0 Å². The lowest BCUT2D eigenvalue weighted by molar-refractivity contribution is -0.0646. The van der Waals surface area contributed by atoms with Crippen molar-refractivity contribution in [1.82, 2.24) is 0 Å². The molecule has 0 aromatic carbocycles. The van der Waals surface area contributed by atoms with Crippen molar-refractivity contribution in [3.63, 3.8) is 0 Å². The van der Waals surface area contributed by atoms with Crippen molar-refractivity contribution in [3.05, 3.63) is 0 Å². The molecular weight excluding hydrogens is 168 g/mol. The van der Waals surface area contributed by atoms with Crippen LogP contribution in [0.4, 0.5) is 0 Å². The van der Waals surface area contributed by atoms with Crippen LogP contribution in [-0.2, 0) is 0 Å². The van der Waals surface area contributed by atoms with Gasteiger partial charge in [-0.05, 0) is 73.0 Å². The minimum atomic E-state index is 0.868. The van der Waals surface area contributed by atoms with E-state index < -0.39 is 0 Å². The molecule has 2 atom stereocenters. The van der Waals surface area contributed by atoms with Crippen LogP contribution in [0.15, 0.2) is 0 Å². The van der Waals surface area contributed by atoms with Gasteiger partial charge in [-0.1, -0.05) is 13.8 Å². The van der Waals surface area contributed by atoms with Crippen molar-refractivity contribution in [2.45, 2.75) is 46.0 Å². The first kappa shape index (κ1) is 8.19. The Labute approximate surface area is 87.5 Å². The fourth-order valence-electron chi connectivity index (χ4n) is 6.33. The van der Waals surface area contributed by atoms with Crippen LogP contribution in [0, 0.1) is 40.9 Å². The van der Waals surface area contributed by atoms with Gasteiger partial charge in [0.05, 0.1) is 0 Å². The summed E-state index contributed by atoms with van der Waals surface area (Å²) in [6.07, 6.45) is 8.05. The van der Waals surface area contributed by atoms with Crippen LogP contribution in [0.3, 0.4) is 0 Å². The molecule has 14 heavy (non-hydrogen) atoms. The topological polar surface area (TPSA) is 0 Å². The van der Waals surface area contributed by atoms with E-state index in [1.54, 1.807) is 32.1 Å². The second-order valence-corrected chi connectivity index (χ2v) is 6.88. The summed E-state index contributed by atoms with van der Waals surface area (Å²) in [4.78, 5) is 0. The van der Waals surface area contributed by atoms with E-state index in [-0.39, 0.29) is 0 Å². The van der Waals surface area contributed by atoms with Gasteiger partial charge in [-0.3, -0.25) is 0 Å². The highest BCUT2D eigenvalue weighted by Crippen LogP contribution is 2.77. The third kappa shape index (κ3) is 0.686. The van der Waals surface area contributed by atoms with E-state index in [9.17, 15) is 0 Å². The van der Waals surface area contributed by atoms with Crippen molar-refractivity contribution < 1.29 is 0 Å². The molecule has 0 heterocycles. The average Bonchev–Trinajstić information content (AvgIpc) is 2.67. The Morgan fingerprint density at radius 1 is 0.714 bits per heavy atom. The van der Waals surface area contributed by atoms with Gasteiger partial charge in [0.25, 0.3) is 0 Å². The molecule has 4 bridgehead atoms. The fourth-order valence-corrected chi connectivity index (χ4v) is 6.33. The maximum absolute atomic E-state index is 2.53. The molecule has 0 amide bonds. The summed E-state index contributed by atoms with van der Waals surface area (Å²) in [6, 6.07) is 0. The van der Waals surface area contributed by atoms with Crippen LogP contribution in [0.5, 0.6) is 0 Å². The molecule has 78 valence electrons. The highest BCUT2D eigenvalue weighted by atomic mass is 14.8. The van der Waals surface area contributed by atoms with Crippen LogP contribution in [0.1, 0.15) is 46.0 Å². The predicted octanol–water partition coefficient (Wildman–Crippen LogP) is 3.71. The zero-order valence-electron chi connectivity index (χ0n) is 9.50. The summed E-state index contributed by atoms with van der Waals surface area (Å²) in [5, 5.41) is 0. The number of hydrogen-bond acceptors (Lipinski definition) is 0. The molecule has 0 N–H and O–H groups in total. The number of hydrogen-bond donors (Lipinski definition) is 0. The zero-order valence-corrected chi connectivity index (χ0v) is 9.50. The van der Waals surface area contributed by atoms with Gasteiger partial charge >= 0.3 is 0 Å². The van der Waals surface area contributed by atoms with E-state index in [4.69, 9.17) is 0 Å². The van der Waals surface area contributed by atoms with Crippen LogP contribution >= 0.6 is 0 Å². The first-order valence-electron chi connectivity index (χ1n) is 6.73. The molecule has 5 fully saturated rings. The van der Waals surface area contributed by atoms with Gasteiger partial charge in [-0.2, -0.15) is 0 Å². The Bertz CT molecular complexity index is 240. The standard InChI is InChI=1S/C14H22/c1-8-9(2)14(8)12-4-10-3-11(6-12)7-13(14)5-10/h8-13H,3-7H2,1-2H3/t8-,9-,10?,11?,12?,13?/m0/s1. The maximum Gasteiger partial charge on any atom is -0.0184 e. The van der Waals surface area contributed by atoms with Crippen LogP contribution in [-0.4, -0.2) is 0 Å². The highest BCUT2D eigenvalue weighted by molar-refractivity contribution is 5.19. The molecule has 1 spiro atoms. The Kier molecular flexibility index (Phi) is 1.30. The Hall–Kier alpha value is 0. The second-order valence-electron chi connectivity index (χ2n) is 6.88. The molecule has 0 saturated heterocycles. The summed E-state index contributed by atoms with van der Waals surface area (Å²) in [5.41, 5.74) is 0.868. The van der Waals surface area contributed by atoms with Crippen molar-refractivity contribution in [1.29, 1.82) is 0 Å². The lowest BCUT2D eigenvalue weighted by atomic mass is 9.49. The first-order chi connectivity index (χ1) is 6.73. The predicted molar refractivity (Wildman–Crippen MR) is 57.8 cm³/mol. The summed E-state index contributed by atoms with van der Waals surface area (Å²) in [7, 11) is 0. The van der Waals surface area contributed by atoms with Gasteiger partial charge in [0.15, 0.2) is 0 Å². The Morgan fingerprint density at radius 3 is 1.50 bits per heavy atom. The lowest BCUT2D eigenvalue weighted by Gasteiger charge is -2.56. The average molecular weight is 190 g/mol. The van der Waals surface area contributed by atoms with Gasteiger partial charge in [-0.15, -0.1) is 0 Å². The summed E-state index contributed by atoms with van der Waals surface area (Å²) in [6.45, 7) is 5.07. The van der Waals surface area contributed by atoms with E-state index >= 15 is 0 Å². The quantitative estimate of drug-likeness (QED) is 0.546. The van der Waals surface area contributed by atoms with Crippen molar-refractivity contribution >= 4 is 0 Å². The van der Waals surface area contributed by atoms with Crippen molar-refractivity contribution in [2.75, 3.05) is 0 Å². The van der Waals surface area contributed by atoms with Gasteiger partial charge < -0.3 is 0 Å². The van der Waals surface area contributed by atoms with Crippen molar-refractivity contribution in [2.24, 2.45) is 40.9 Å². The third-order valence-corrected chi connectivity index (χ3v) is 6.77. The summed E-state index contributed by atoms with van der Waals surface area (Å²) in [5.74, 6) is 6.76. The largest absolute Gasteiger partial charge is 0.0617 e. The molecular formula is C14H22. The molecule has 0 radical (unpaired) electrons. The smallest absolute Gasteiger partial charge is 0.0184 e. The van der Waals surface area contributed by atoms with E-state index in [1.807, 2.05) is 0 Å². The lowest BCUT2D eigenvalue weighted by Crippen LogP contribution is -2.47. The SMILES string of the molecule is C[C@H]1[C@H](C)C12C1CC3CC(C1)CC2C3. The molecule has 5 aliphatic rings. The molecule has 5 aliphatic carbocycles. The fraction of sp³-hybridized carbons (Fsp3) is 1.00. The third-order valence-electron chi connectivity index (χ3n) is 6.77. The summed E-state index contributed by atoms with van der Waals surface area (Å²) < 4.78 is 0.